The Kier molecular flexibility index (Phi) is 5.57. The van der Waals surface area contributed by atoms with Gasteiger partial charge in [0.05, 0.1) is 10.9 Å². The van der Waals surface area contributed by atoms with E-state index < -0.39 is 5.54 Å². The van der Waals surface area contributed by atoms with Crippen molar-refractivity contribution in [2.45, 2.75) is 57.5 Å². The number of carbonyl (C=O) groups excluding carboxylic acids is 4. The van der Waals surface area contributed by atoms with Crippen molar-refractivity contribution in [2.24, 2.45) is 0 Å². The number of nitrogens with zero attached hydrogens (tertiary/aromatic N) is 3. The number of amides is 5. The van der Waals surface area contributed by atoms with Crippen molar-refractivity contribution in [1.29, 1.82) is 0 Å². The minimum Gasteiger partial charge on any atom is -0.343 e. The van der Waals surface area contributed by atoms with Gasteiger partial charge in [-0.25, -0.2) is 4.79 Å². The summed E-state index contributed by atoms with van der Waals surface area (Å²) in [4.78, 5) is 57.6. The molecule has 9 heteroatoms. The van der Waals surface area contributed by atoms with Crippen LogP contribution in [-0.4, -0.2) is 76.2 Å². The van der Waals surface area contributed by atoms with Gasteiger partial charge >= 0.3 is 6.03 Å². The number of hydrogen-bond acceptors (Lipinski definition) is 5. The van der Waals surface area contributed by atoms with Crippen LogP contribution in [0.4, 0.5) is 4.79 Å². The molecule has 0 radical (unpaired) electrons. The summed E-state index contributed by atoms with van der Waals surface area (Å²) in [6.45, 7) is 5.73. The third-order valence-electron chi connectivity index (χ3n) is 6.47. The molecule has 162 valence electrons. The topological polar surface area (TPSA) is 90.0 Å². The molecule has 3 aliphatic heterocycles. The highest BCUT2D eigenvalue weighted by molar-refractivity contribution is 7.13. The lowest BCUT2D eigenvalue weighted by Crippen LogP contribution is -2.57. The second-order valence-corrected chi connectivity index (χ2v) is 9.67. The van der Waals surface area contributed by atoms with Crippen molar-refractivity contribution in [1.82, 2.24) is 20.0 Å². The highest BCUT2D eigenvalue weighted by Crippen LogP contribution is 2.33. The summed E-state index contributed by atoms with van der Waals surface area (Å²) in [6, 6.07) is 3.07. The lowest BCUT2D eigenvalue weighted by atomic mass is 9.87. The Morgan fingerprint density at radius 2 is 1.90 bits per heavy atom. The fraction of sp³-hybridized carbons (Fsp3) is 0.619. The normalized spacial score (nSPS) is 23.8. The fourth-order valence-corrected chi connectivity index (χ4v) is 5.56. The molecule has 0 aliphatic carbocycles. The van der Waals surface area contributed by atoms with Gasteiger partial charge in [0.2, 0.25) is 5.91 Å². The van der Waals surface area contributed by atoms with Crippen LogP contribution in [-0.2, 0) is 9.59 Å². The number of thiophene rings is 1. The molecule has 3 saturated heterocycles. The van der Waals surface area contributed by atoms with Crippen molar-refractivity contribution < 1.29 is 19.2 Å². The van der Waals surface area contributed by atoms with E-state index >= 15 is 0 Å². The van der Waals surface area contributed by atoms with Gasteiger partial charge in [-0.05, 0) is 44.7 Å². The Morgan fingerprint density at radius 1 is 1.17 bits per heavy atom. The van der Waals surface area contributed by atoms with Crippen molar-refractivity contribution >= 4 is 35.1 Å². The number of likely N-dealkylation sites (tertiary alicyclic amines) is 2. The van der Waals surface area contributed by atoms with E-state index in [1.54, 1.807) is 9.80 Å². The summed E-state index contributed by atoms with van der Waals surface area (Å²) in [7, 11) is 0. The van der Waals surface area contributed by atoms with Gasteiger partial charge in [0.25, 0.3) is 11.8 Å². The zero-order valence-electron chi connectivity index (χ0n) is 17.5. The average Bonchev–Trinajstić information content (AvgIpc) is 3.28. The predicted octanol–water partition coefficient (Wildman–Crippen LogP) is 1.98. The van der Waals surface area contributed by atoms with E-state index in [4.69, 9.17) is 0 Å². The number of piperidine rings is 2. The molecular formula is C21H28N4O4S. The summed E-state index contributed by atoms with van der Waals surface area (Å²) in [5, 5.41) is 2.92. The first-order chi connectivity index (χ1) is 14.3. The largest absolute Gasteiger partial charge is 0.343 e. The van der Waals surface area contributed by atoms with Crippen LogP contribution in [0.1, 0.15) is 53.6 Å². The molecule has 0 saturated carbocycles. The quantitative estimate of drug-likeness (QED) is 0.740. The SMILES string of the molecule is CCC(=O)N1CCC2(CC1)NC(=O)N(C1CCCN(C(=O)c3ccc(C)s3)C1)C2=O. The monoisotopic (exact) mass is 432 g/mol. The standard InChI is InChI=1S/C21H28N4O4S/c1-3-17(26)23-11-8-21(9-12-23)19(28)25(20(29)22-21)15-5-4-10-24(13-15)18(27)16-7-6-14(2)30-16/h6-7,15H,3-5,8-13H2,1-2H3,(H,22,29). The van der Waals surface area contributed by atoms with Crippen LogP contribution in [0.15, 0.2) is 12.1 Å². The minimum atomic E-state index is -0.918. The van der Waals surface area contributed by atoms with Crippen LogP contribution in [0.2, 0.25) is 0 Å². The van der Waals surface area contributed by atoms with Crippen molar-refractivity contribution in [3.8, 4) is 0 Å². The molecule has 5 amide bonds. The summed E-state index contributed by atoms with van der Waals surface area (Å²) >= 11 is 1.46. The van der Waals surface area contributed by atoms with Crippen LogP contribution in [0.3, 0.4) is 0 Å². The number of imide groups is 1. The molecule has 1 N–H and O–H groups in total. The smallest absolute Gasteiger partial charge is 0.325 e. The van der Waals surface area contributed by atoms with E-state index in [-0.39, 0.29) is 29.8 Å². The Labute approximate surface area is 180 Å². The van der Waals surface area contributed by atoms with Crippen LogP contribution in [0.25, 0.3) is 0 Å². The van der Waals surface area contributed by atoms with Gasteiger partial charge in [-0.15, -0.1) is 11.3 Å². The zero-order chi connectivity index (χ0) is 21.5. The minimum absolute atomic E-state index is 0.0362. The van der Waals surface area contributed by atoms with E-state index in [0.717, 1.165) is 11.3 Å². The number of urea groups is 1. The zero-order valence-corrected chi connectivity index (χ0v) is 18.3. The lowest BCUT2D eigenvalue weighted by molar-refractivity contribution is -0.139. The van der Waals surface area contributed by atoms with Crippen LogP contribution < -0.4 is 5.32 Å². The van der Waals surface area contributed by atoms with E-state index in [0.29, 0.717) is 56.7 Å². The maximum atomic E-state index is 13.3. The number of hydrogen-bond donors (Lipinski definition) is 1. The van der Waals surface area contributed by atoms with Crippen LogP contribution >= 0.6 is 11.3 Å². The molecule has 0 aromatic carbocycles. The van der Waals surface area contributed by atoms with Gasteiger partial charge in [0.15, 0.2) is 0 Å². The molecule has 8 nitrogen and oxygen atoms in total. The number of carbonyl (C=O) groups is 4. The summed E-state index contributed by atoms with van der Waals surface area (Å²) in [5.74, 6) is -0.169. The van der Waals surface area contributed by atoms with E-state index in [1.165, 1.54) is 16.2 Å². The number of nitrogens with one attached hydrogen (secondary N) is 1. The fourth-order valence-electron chi connectivity index (χ4n) is 4.73. The molecule has 1 aromatic heterocycles. The Hall–Kier alpha value is -2.42. The summed E-state index contributed by atoms with van der Waals surface area (Å²) in [6.07, 6.45) is 2.76. The molecule has 4 rings (SSSR count). The Morgan fingerprint density at radius 3 is 2.53 bits per heavy atom. The van der Waals surface area contributed by atoms with Crippen molar-refractivity contribution in [3.05, 3.63) is 21.9 Å². The first kappa shape index (κ1) is 20.8. The van der Waals surface area contributed by atoms with E-state index in [1.807, 2.05) is 26.0 Å². The predicted molar refractivity (Wildman–Crippen MR) is 112 cm³/mol. The second kappa shape index (κ2) is 8.02. The number of rotatable bonds is 3. The van der Waals surface area contributed by atoms with Crippen molar-refractivity contribution in [2.75, 3.05) is 26.2 Å². The Bertz CT molecular complexity index is 874. The second-order valence-electron chi connectivity index (χ2n) is 8.38. The van der Waals surface area contributed by atoms with E-state index in [2.05, 4.69) is 5.32 Å². The van der Waals surface area contributed by atoms with Gasteiger partial charge in [-0.3, -0.25) is 19.3 Å². The molecule has 1 unspecified atom stereocenters. The van der Waals surface area contributed by atoms with Crippen LogP contribution in [0.5, 0.6) is 0 Å². The molecule has 3 fully saturated rings. The summed E-state index contributed by atoms with van der Waals surface area (Å²) < 4.78 is 0. The highest BCUT2D eigenvalue weighted by Gasteiger charge is 2.54. The Balaban J connectivity index is 1.45. The molecule has 0 bridgehead atoms. The van der Waals surface area contributed by atoms with E-state index in [9.17, 15) is 19.2 Å². The molecule has 1 spiro atoms. The van der Waals surface area contributed by atoms with Gasteiger partial charge in [-0.1, -0.05) is 6.92 Å². The van der Waals surface area contributed by atoms with Gasteiger partial charge in [0, 0.05) is 37.5 Å². The molecule has 30 heavy (non-hydrogen) atoms. The first-order valence-electron chi connectivity index (χ1n) is 10.6. The lowest BCUT2D eigenvalue weighted by Gasteiger charge is -2.39. The first-order valence-corrected chi connectivity index (χ1v) is 11.5. The van der Waals surface area contributed by atoms with Crippen LogP contribution in [0, 0.1) is 6.92 Å². The molecule has 1 atom stereocenters. The third kappa shape index (κ3) is 3.59. The summed E-state index contributed by atoms with van der Waals surface area (Å²) in [5.41, 5.74) is -0.918. The van der Waals surface area contributed by atoms with Gasteiger partial charge in [0.1, 0.15) is 5.54 Å². The number of aryl methyl sites for hydroxylation is 1. The maximum Gasteiger partial charge on any atom is 0.325 e. The molecule has 4 heterocycles. The van der Waals surface area contributed by atoms with Gasteiger partial charge in [-0.2, -0.15) is 0 Å². The third-order valence-corrected chi connectivity index (χ3v) is 7.45. The van der Waals surface area contributed by atoms with Gasteiger partial charge < -0.3 is 15.1 Å². The average molecular weight is 433 g/mol. The molecular weight excluding hydrogens is 404 g/mol. The molecule has 1 aromatic rings. The highest BCUT2D eigenvalue weighted by atomic mass is 32.1. The van der Waals surface area contributed by atoms with Crippen molar-refractivity contribution in [3.63, 3.8) is 0 Å². The molecule has 3 aliphatic rings. The maximum absolute atomic E-state index is 13.3.